The van der Waals surface area contributed by atoms with Crippen molar-refractivity contribution < 1.29 is 9.47 Å². The van der Waals surface area contributed by atoms with Crippen LogP contribution in [-0.4, -0.2) is 34.5 Å². The Kier molecular flexibility index (Phi) is 6.70. The lowest BCUT2D eigenvalue weighted by molar-refractivity contribution is -0.206. The summed E-state index contributed by atoms with van der Waals surface area (Å²) in [5.74, 6) is 0.348. The van der Waals surface area contributed by atoms with E-state index in [-0.39, 0.29) is 6.29 Å². The average Bonchev–Trinajstić information content (AvgIpc) is 3.23. The highest BCUT2D eigenvalue weighted by Crippen LogP contribution is 2.26. The van der Waals surface area contributed by atoms with Crippen LogP contribution in [0.1, 0.15) is 36.2 Å². The molecule has 1 N–H and O–H groups in total. The number of ether oxygens (including phenoxy) is 2. The molecular weight excluding hydrogens is 362 g/mol. The van der Waals surface area contributed by atoms with Gasteiger partial charge in [0.05, 0.1) is 25.2 Å². The lowest BCUT2D eigenvalue weighted by Gasteiger charge is -2.30. The predicted molar refractivity (Wildman–Crippen MR) is 113 cm³/mol. The molecule has 3 heterocycles. The zero-order chi connectivity index (χ0) is 19.9. The van der Waals surface area contributed by atoms with Crippen molar-refractivity contribution in [3.05, 3.63) is 71.8 Å². The van der Waals surface area contributed by atoms with Crippen LogP contribution in [0.25, 0.3) is 11.4 Å². The van der Waals surface area contributed by atoms with Crippen LogP contribution >= 0.6 is 0 Å². The summed E-state index contributed by atoms with van der Waals surface area (Å²) in [6, 6.07) is 16.7. The Labute approximate surface area is 172 Å². The summed E-state index contributed by atoms with van der Waals surface area (Å²) < 4.78 is 11.9. The fraction of sp³-hybridized carbons (Fsp3) is 0.417. The van der Waals surface area contributed by atoms with Crippen molar-refractivity contribution in [3.8, 4) is 11.4 Å². The molecule has 2 aromatic heterocycles. The van der Waals surface area contributed by atoms with Gasteiger partial charge in [-0.15, -0.1) is 0 Å². The number of aromatic nitrogens is 3. The van der Waals surface area contributed by atoms with Crippen LogP contribution in [0.3, 0.4) is 0 Å². The monoisotopic (exact) mass is 391 g/mol. The van der Waals surface area contributed by atoms with Crippen LogP contribution in [0.2, 0.25) is 0 Å². The van der Waals surface area contributed by atoms with Crippen molar-refractivity contribution in [2.75, 3.05) is 13.2 Å². The van der Waals surface area contributed by atoms with Gasteiger partial charge in [-0.1, -0.05) is 36.4 Å². The lowest BCUT2D eigenvalue weighted by Crippen LogP contribution is -2.33. The molecular formula is C24H29N3O2. The Morgan fingerprint density at radius 2 is 1.90 bits per heavy atom. The third kappa shape index (κ3) is 5.31. The molecule has 0 aliphatic carbocycles. The number of benzene rings is 1. The minimum Gasteiger partial charge on any atom is -0.352 e. The summed E-state index contributed by atoms with van der Waals surface area (Å²) in [5.41, 5.74) is 5.37. The Bertz CT molecular complexity index is 888. The molecule has 29 heavy (non-hydrogen) atoms. The summed E-state index contributed by atoms with van der Waals surface area (Å²) in [5, 5.41) is 0. The smallest absolute Gasteiger partial charge is 0.160 e. The van der Waals surface area contributed by atoms with Crippen molar-refractivity contribution in [3.63, 3.8) is 0 Å². The molecule has 1 unspecified atom stereocenters. The van der Waals surface area contributed by atoms with Gasteiger partial charge in [-0.25, -0.2) is 4.98 Å². The average molecular weight is 392 g/mol. The van der Waals surface area contributed by atoms with Gasteiger partial charge < -0.3 is 14.5 Å². The zero-order valence-corrected chi connectivity index (χ0v) is 17.0. The first-order valence-electron chi connectivity index (χ1n) is 10.5. The van der Waals surface area contributed by atoms with Crippen LogP contribution in [-0.2, 0) is 22.3 Å². The molecule has 0 radical (unpaired) electrons. The Balaban J connectivity index is 1.41. The molecule has 3 aromatic rings. The highest BCUT2D eigenvalue weighted by Gasteiger charge is 2.25. The van der Waals surface area contributed by atoms with Crippen LogP contribution in [0, 0.1) is 12.8 Å². The summed E-state index contributed by atoms with van der Waals surface area (Å²) in [6.45, 7) is 3.59. The van der Waals surface area contributed by atoms with Gasteiger partial charge in [0.1, 0.15) is 5.69 Å². The number of imidazole rings is 1. The Morgan fingerprint density at radius 3 is 2.69 bits per heavy atom. The van der Waals surface area contributed by atoms with Gasteiger partial charge in [-0.05, 0) is 56.7 Å². The van der Waals surface area contributed by atoms with Gasteiger partial charge in [0.2, 0.25) is 0 Å². The normalized spacial score (nSPS) is 16.0. The standard InChI is InChI=1S/C24H29N3O2/c1-18-8-5-13-22(27-18)23-21(25-17-26-23)12-6-11-20(24-28-14-7-15-29-24)16-19-9-3-2-4-10-19/h2-5,8-10,13,17,20,24H,6-7,11-12,14-16H2,1H3,(H,25,26). The first-order valence-corrected chi connectivity index (χ1v) is 10.5. The van der Waals surface area contributed by atoms with E-state index in [4.69, 9.17) is 9.47 Å². The van der Waals surface area contributed by atoms with Crippen molar-refractivity contribution in [2.24, 2.45) is 5.92 Å². The second-order valence-electron chi connectivity index (χ2n) is 7.70. The highest BCUT2D eigenvalue weighted by atomic mass is 16.7. The SMILES string of the molecule is Cc1cccc(-c2nc[nH]c2CCCC(Cc2ccccc2)C2OCCCO2)n1. The molecule has 5 nitrogen and oxygen atoms in total. The van der Waals surface area contributed by atoms with E-state index in [1.54, 1.807) is 6.33 Å². The second-order valence-corrected chi connectivity index (χ2v) is 7.70. The van der Waals surface area contributed by atoms with E-state index in [1.807, 2.05) is 25.1 Å². The number of aryl methyl sites for hydroxylation is 2. The van der Waals surface area contributed by atoms with Crippen LogP contribution < -0.4 is 0 Å². The van der Waals surface area contributed by atoms with E-state index in [9.17, 15) is 0 Å². The van der Waals surface area contributed by atoms with Gasteiger partial charge >= 0.3 is 0 Å². The third-order valence-electron chi connectivity index (χ3n) is 5.43. The number of nitrogens with one attached hydrogen (secondary N) is 1. The zero-order valence-electron chi connectivity index (χ0n) is 17.0. The molecule has 1 aromatic carbocycles. The minimum absolute atomic E-state index is 0.108. The maximum Gasteiger partial charge on any atom is 0.160 e. The maximum atomic E-state index is 5.95. The van der Waals surface area contributed by atoms with Crippen molar-refractivity contribution in [2.45, 2.75) is 45.3 Å². The van der Waals surface area contributed by atoms with Crippen molar-refractivity contribution >= 4 is 0 Å². The molecule has 5 heteroatoms. The van der Waals surface area contributed by atoms with Gasteiger partial charge in [0.25, 0.3) is 0 Å². The lowest BCUT2D eigenvalue weighted by atomic mass is 9.92. The summed E-state index contributed by atoms with van der Waals surface area (Å²) >= 11 is 0. The molecule has 0 bridgehead atoms. The fourth-order valence-electron chi connectivity index (χ4n) is 3.98. The summed E-state index contributed by atoms with van der Waals surface area (Å²) in [4.78, 5) is 12.5. The molecule has 1 fully saturated rings. The number of aromatic amines is 1. The van der Waals surface area contributed by atoms with Crippen LogP contribution in [0.4, 0.5) is 0 Å². The summed E-state index contributed by atoms with van der Waals surface area (Å²) in [6.07, 6.45) is 6.63. The van der Waals surface area contributed by atoms with E-state index >= 15 is 0 Å². The van der Waals surface area contributed by atoms with E-state index in [1.165, 1.54) is 5.56 Å². The summed E-state index contributed by atoms with van der Waals surface area (Å²) in [7, 11) is 0. The Morgan fingerprint density at radius 1 is 1.07 bits per heavy atom. The number of nitrogens with zero attached hydrogens (tertiary/aromatic N) is 2. The number of pyridine rings is 1. The largest absolute Gasteiger partial charge is 0.352 e. The molecule has 0 saturated carbocycles. The third-order valence-corrected chi connectivity index (χ3v) is 5.43. The van der Waals surface area contributed by atoms with E-state index in [0.717, 1.165) is 68.1 Å². The topological polar surface area (TPSA) is 60.0 Å². The van der Waals surface area contributed by atoms with Gasteiger partial charge in [-0.2, -0.15) is 0 Å². The number of rotatable bonds is 8. The first kappa shape index (κ1) is 19.8. The molecule has 1 aliphatic rings. The van der Waals surface area contributed by atoms with E-state index in [2.05, 4.69) is 45.3 Å². The molecule has 1 saturated heterocycles. The van der Waals surface area contributed by atoms with Gasteiger partial charge in [0.15, 0.2) is 6.29 Å². The van der Waals surface area contributed by atoms with Gasteiger partial charge in [0, 0.05) is 17.3 Å². The van der Waals surface area contributed by atoms with E-state index in [0.29, 0.717) is 5.92 Å². The van der Waals surface area contributed by atoms with E-state index < -0.39 is 0 Å². The second kappa shape index (κ2) is 9.81. The molecule has 0 amide bonds. The molecule has 152 valence electrons. The fourth-order valence-corrected chi connectivity index (χ4v) is 3.98. The number of hydrogen-bond donors (Lipinski definition) is 1. The molecule has 1 aliphatic heterocycles. The van der Waals surface area contributed by atoms with Gasteiger partial charge in [-0.3, -0.25) is 4.98 Å². The predicted octanol–water partition coefficient (Wildman–Crippen LogP) is 4.72. The number of hydrogen-bond acceptors (Lipinski definition) is 4. The highest BCUT2D eigenvalue weighted by molar-refractivity contribution is 5.57. The van der Waals surface area contributed by atoms with Crippen LogP contribution in [0.5, 0.6) is 0 Å². The Hall–Kier alpha value is -2.50. The first-order chi connectivity index (χ1) is 14.3. The molecule has 4 rings (SSSR count). The molecule has 0 spiro atoms. The van der Waals surface area contributed by atoms with Crippen molar-refractivity contribution in [1.29, 1.82) is 0 Å². The quantitative estimate of drug-likeness (QED) is 0.603. The maximum absolute atomic E-state index is 5.95. The van der Waals surface area contributed by atoms with Crippen LogP contribution in [0.15, 0.2) is 54.9 Å². The number of H-pyrrole nitrogens is 1. The minimum atomic E-state index is -0.108. The molecule has 1 atom stereocenters. The van der Waals surface area contributed by atoms with Crippen molar-refractivity contribution in [1.82, 2.24) is 15.0 Å².